The largest absolute Gasteiger partial charge is 0.455 e. The van der Waals surface area contributed by atoms with E-state index in [1.807, 2.05) is 44.2 Å². The first-order chi connectivity index (χ1) is 15.5. The molecule has 1 atom stereocenters. The summed E-state index contributed by atoms with van der Waals surface area (Å²) in [5.74, 6) is 0.318. The molecule has 1 aliphatic rings. The van der Waals surface area contributed by atoms with Crippen LogP contribution in [0.5, 0.6) is 0 Å². The Kier molecular flexibility index (Phi) is 6.32. The van der Waals surface area contributed by atoms with Crippen LogP contribution in [0.1, 0.15) is 57.7 Å². The van der Waals surface area contributed by atoms with Crippen LogP contribution in [-0.4, -0.2) is 42.3 Å². The van der Waals surface area contributed by atoms with Crippen LogP contribution in [-0.2, 0) is 11.2 Å². The quantitative estimate of drug-likeness (QED) is 0.579. The van der Waals surface area contributed by atoms with Gasteiger partial charge in [-0.15, -0.1) is 0 Å². The molecule has 1 unspecified atom stereocenters. The normalized spacial score (nSPS) is 15.4. The van der Waals surface area contributed by atoms with E-state index >= 15 is 0 Å². The van der Waals surface area contributed by atoms with E-state index in [9.17, 15) is 9.59 Å². The van der Waals surface area contributed by atoms with Crippen molar-refractivity contribution < 1.29 is 18.7 Å². The molecule has 0 aliphatic heterocycles. The third-order valence-electron chi connectivity index (χ3n) is 5.45. The van der Waals surface area contributed by atoms with E-state index in [1.54, 1.807) is 13.2 Å². The molecule has 1 aromatic carbocycles. The maximum atomic E-state index is 12.7. The van der Waals surface area contributed by atoms with Crippen LogP contribution in [0.15, 0.2) is 45.9 Å². The van der Waals surface area contributed by atoms with Gasteiger partial charge in [-0.1, -0.05) is 24.3 Å². The molecule has 32 heavy (non-hydrogen) atoms. The van der Waals surface area contributed by atoms with Crippen molar-refractivity contribution in [3.63, 3.8) is 0 Å². The molecule has 2 aromatic heterocycles. The fraction of sp³-hybridized carbons (Fsp3) is 0.333. The summed E-state index contributed by atoms with van der Waals surface area (Å²) >= 11 is 0. The number of pyridine rings is 1. The van der Waals surface area contributed by atoms with E-state index in [4.69, 9.17) is 9.15 Å². The van der Waals surface area contributed by atoms with Crippen molar-refractivity contribution in [2.45, 2.75) is 39.2 Å². The first-order valence-corrected chi connectivity index (χ1v) is 10.6. The second-order valence-electron chi connectivity index (χ2n) is 7.93. The summed E-state index contributed by atoms with van der Waals surface area (Å²) < 4.78 is 11.0. The standard InChI is InChI=1S/C24H26N4O4/c1-14(13-31-3)25-24(30)22-15(2)21-18(9-6-10-20(21)32-22)27-28-23(29)19-12-11-16-7-4-5-8-17(16)26-19/h4-5,7-8,11-12,14H,6,9-10,13H2,1-3H3,(H,25,30)(H,28,29)/b27-18+. The molecular formula is C24H26N4O4. The number of aryl methyl sites for hydroxylation is 1. The van der Waals surface area contributed by atoms with Crippen molar-refractivity contribution in [3.05, 3.63) is 64.7 Å². The summed E-state index contributed by atoms with van der Waals surface area (Å²) in [6.07, 6.45) is 2.22. The van der Waals surface area contributed by atoms with Crippen molar-refractivity contribution in [1.29, 1.82) is 0 Å². The summed E-state index contributed by atoms with van der Waals surface area (Å²) in [6, 6.07) is 11.0. The molecular weight excluding hydrogens is 408 g/mol. The topological polar surface area (TPSA) is 106 Å². The smallest absolute Gasteiger partial charge is 0.289 e. The van der Waals surface area contributed by atoms with Gasteiger partial charge in [0.25, 0.3) is 11.8 Å². The molecule has 166 valence electrons. The third kappa shape index (κ3) is 4.40. The molecule has 2 amide bonds. The zero-order valence-electron chi connectivity index (χ0n) is 18.4. The molecule has 3 aromatic rings. The number of para-hydroxylation sites is 1. The number of methoxy groups -OCH3 is 1. The Bertz CT molecular complexity index is 1200. The van der Waals surface area contributed by atoms with Gasteiger partial charge in [0.1, 0.15) is 11.5 Å². The number of rotatable bonds is 6. The van der Waals surface area contributed by atoms with Crippen LogP contribution in [0.3, 0.4) is 0 Å². The Morgan fingerprint density at radius 3 is 2.81 bits per heavy atom. The van der Waals surface area contributed by atoms with Crippen LogP contribution in [0.25, 0.3) is 10.9 Å². The molecule has 0 spiro atoms. The first kappa shape index (κ1) is 21.7. The van der Waals surface area contributed by atoms with Gasteiger partial charge in [0.2, 0.25) is 0 Å². The number of nitrogens with zero attached hydrogens (tertiary/aromatic N) is 2. The number of fused-ring (bicyclic) bond motifs is 2. The van der Waals surface area contributed by atoms with E-state index < -0.39 is 0 Å². The minimum Gasteiger partial charge on any atom is -0.455 e. The number of hydrogen-bond acceptors (Lipinski definition) is 6. The van der Waals surface area contributed by atoms with Crippen molar-refractivity contribution in [1.82, 2.24) is 15.7 Å². The monoisotopic (exact) mass is 434 g/mol. The van der Waals surface area contributed by atoms with Crippen molar-refractivity contribution in [2.24, 2.45) is 5.10 Å². The van der Waals surface area contributed by atoms with E-state index in [1.165, 1.54) is 0 Å². The average molecular weight is 434 g/mol. The van der Waals surface area contributed by atoms with Crippen LogP contribution in [0.2, 0.25) is 0 Å². The fourth-order valence-corrected chi connectivity index (χ4v) is 3.95. The van der Waals surface area contributed by atoms with Gasteiger partial charge in [-0.2, -0.15) is 5.10 Å². The number of amides is 2. The van der Waals surface area contributed by atoms with Gasteiger partial charge >= 0.3 is 0 Å². The van der Waals surface area contributed by atoms with Crippen molar-refractivity contribution in [2.75, 3.05) is 13.7 Å². The highest BCUT2D eigenvalue weighted by molar-refractivity contribution is 6.07. The van der Waals surface area contributed by atoms with Crippen LogP contribution >= 0.6 is 0 Å². The van der Waals surface area contributed by atoms with E-state index in [0.29, 0.717) is 24.4 Å². The number of carbonyl (C=O) groups is 2. The lowest BCUT2D eigenvalue weighted by Gasteiger charge is -2.13. The van der Waals surface area contributed by atoms with Gasteiger partial charge in [0, 0.05) is 36.1 Å². The molecule has 0 radical (unpaired) electrons. The molecule has 0 fully saturated rings. The zero-order chi connectivity index (χ0) is 22.7. The van der Waals surface area contributed by atoms with E-state index in [2.05, 4.69) is 20.8 Å². The number of hydrogen-bond donors (Lipinski definition) is 2. The average Bonchev–Trinajstić information content (AvgIpc) is 3.14. The Morgan fingerprint density at radius 2 is 2.00 bits per heavy atom. The molecule has 4 rings (SSSR count). The predicted molar refractivity (Wildman–Crippen MR) is 121 cm³/mol. The van der Waals surface area contributed by atoms with Gasteiger partial charge < -0.3 is 14.5 Å². The molecule has 1 aliphatic carbocycles. The second-order valence-corrected chi connectivity index (χ2v) is 7.93. The lowest BCUT2D eigenvalue weighted by molar-refractivity contribution is 0.0874. The van der Waals surface area contributed by atoms with E-state index in [0.717, 1.165) is 40.6 Å². The summed E-state index contributed by atoms with van der Waals surface area (Å²) in [7, 11) is 1.59. The maximum absolute atomic E-state index is 12.7. The molecule has 2 N–H and O–H groups in total. The Labute approximate surface area is 186 Å². The van der Waals surface area contributed by atoms with E-state index in [-0.39, 0.29) is 23.6 Å². The van der Waals surface area contributed by atoms with Crippen LogP contribution in [0, 0.1) is 6.92 Å². The second kappa shape index (κ2) is 9.32. The van der Waals surface area contributed by atoms with Gasteiger partial charge in [-0.05, 0) is 38.8 Å². The predicted octanol–water partition coefficient (Wildman–Crippen LogP) is 3.37. The van der Waals surface area contributed by atoms with Crippen molar-refractivity contribution in [3.8, 4) is 0 Å². The number of aromatic nitrogens is 1. The Balaban J connectivity index is 1.54. The summed E-state index contributed by atoms with van der Waals surface area (Å²) in [5.41, 5.74) is 5.87. The lowest BCUT2D eigenvalue weighted by Crippen LogP contribution is -2.35. The number of nitrogens with one attached hydrogen (secondary N) is 2. The highest BCUT2D eigenvalue weighted by Crippen LogP contribution is 2.30. The molecule has 8 heteroatoms. The fourth-order valence-electron chi connectivity index (χ4n) is 3.95. The SMILES string of the molecule is COCC(C)NC(=O)c1oc2c(c1C)/C(=N/NC(=O)c1ccc3ccccc3n1)CCC2. The number of ether oxygens (including phenoxy) is 1. The third-order valence-corrected chi connectivity index (χ3v) is 5.45. The molecule has 0 saturated heterocycles. The maximum Gasteiger partial charge on any atom is 0.289 e. The summed E-state index contributed by atoms with van der Waals surface area (Å²) in [5, 5.41) is 8.21. The van der Waals surface area contributed by atoms with Gasteiger partial charge in [-0.25, -0.2) is 10.4 Å². The molecule has 0 saturated carbocycles. The number of carbonyl (C=O) groups excluding carboxylic acids is 2. The number of benzene rings is 1. The number of furan rings is 1. The van der Waals surface area contributed by atoms with Crippen LogP contribution in [0.4, 0.5) is 0 Å². The minimum absolute atomic E-state index is 0.143. The van der Waals surface area contributed by atoms with Gasteiger partial charge in [-0.3, -0.25) is 9.59 Å². The highest BCUT2D eigenvalue weighted by atomic mass is 16.5. The zero-order valence-corrected chi connectivity index (χ0v) is 18.4. The highest BCUT2D eigenvalue weighted by Gasteiger charge is 2.28. The van der Waals surface area contributed by atoms with Crippen molar-refractivity contribution >= 4 is 28.4 Å². The summed E-state index contributed by atoms with van der Waals surface area (Å²) in [6.45, 7) is 4.11. The first-order valence-electron chi connectivity index (χ1n) is 10.6. The van der Waals surface area contributed by atoms with Gasteiger partial charge in [0.05, 0.1) is 17.8 Å². The number of hydrazone groups is 1. The molecule has 2 heterocycles. The lowest BCUT2D eigenvalue weighted by atomic mass is 9.93. The molecule has 8 nitrogen and oxygen atoms in total. The molecule has 0 bridgehead atoms. The minimum atomic E-state index is -0.386. The van der Waals surface area contributed by atoms with Gasteiger partial charge in [0.15, 0.2) is 5.76 Å². The Morgan fingerprint density at radius 1 is 1.19 bits per heavy atom. The Hall–Kier alpha value is -3.52. The summed E-state index contributed by atoms with van der Waals surface area (Å²) in [4.78, 5) is 29.7. The van der Waals surface area contributed by atoms with Crippen LogP contribution < -0.4 is 10.7 Å².